The molecule has 0 aliphatic rings. The SMILES string of the molecule is Cc1c(CC(C)(C)C)sc2c(-c3cc(-c4cccc5c4nc(-c4cc(C(C)(C)C)cc(C(C)(C)C)c4O)n5-c4ccc(C(C)(C)C)cc4-c4ccccc4)cc(C(C)(C)C)c3)ncnc12. The summed E-state index contributed by atoms with van der Waals surface area (Å²) in [7, 11) is 0. The number of imidazole rings is 1. The number of phenolic OH excluding ortho intramolecular Hbond substituents is 1. The van der Waals surface area contributed by atoms with Crippen LogP contribution in [0.3, 0.4) is 0 Å². The van der Waals surface area contributed by atoms with E-state index in [1.165, 1.54) is 21.6 Å². The molecule has 8 rings (SSSR count). The molecule has 0 saturated heterocycles. The lowest BCUT2D eigenvalue weighted by molar-refractivity contribution is 0.414. The molecule has 0 bridgehead atoms. The Labute approximate surface area is 392 Å². The molecule has 0 fully saturated rings. The van der Waals surface area contributed by atoms with Gasteiger partial charge in [-0.05, 0) is 110 Å². The fourth-order valence-corrected chi connectivity index (χ4v) is 10.5. The number of hydrogen-bond acceptors (Lipinski definition) is 5. The number of phenols is 1. The van der Waals surface area contributed by atoms with Crippen LogP contribution >= 0.6 is 11.3 Å². The fourth-order valence-electron chi connectivity index (χ4n) is 8.89. The van der Waals surface area contributed by atoms with Gasteiger partial charge in [-0.15, -0.1) is 11.3 Å². The maximum atomic E-state index is 12.6. The van der Waals surface area contributed by atoms with E-state index in [2.05, 4.69) is 212 Å². The highest BCUT2D eigenvalue weighted by molar-refractivity contribution is 7.19. The van der Waals surface area contributed by atoms with E-state index in [9.17, 15) is 5.11 Å². The third-order valence-electron chi connectivity index (χ3n) is 12.8. The van der Waals surface area contributed by atoms with Gasteiger partial charge in [-0.2, -0.15) is 0 Å². The highest BCUT2D eigenvalue weighted by atomic mass is 32.1. The van der Waals surface area contributed by atoms with E-state index in [-0.39, 0.29) is 32.8 Å². The molecule has 3 aromatic heterocycles. The molecule has 6 heteroatoms. The van der Waals surface area contributed by atoms with E-state index < -0.39 is 0 Å². The van der Waals surface area contributed by atoms with Crippen molar-refractivity contribution in [3.63, 3.8) is 0 Å². The summed E-state index contributed by atoms with van der Waals surface area (Å²) in [6.07, 6.45) is 2.71. The lowest BCUT2D eigenvalue weighted by Gasteiger charge is -2.28. The van der Waals surface area contributed by atoms with Crippen molar-refractivity contribution >= 4 is 32.6 Å². The molecule has 65 heavy (non-hydrogen) atoms. The standard InChI is InChI=1S/C59H68N4OS/c1-35-48(33-55(2,3)4)65-53-49(35)60-34-61-50(53)38-27-37(28-40(29-38)57(8,9)10)42-23-20-24-47-51(42)62-54(44-31-41(58(11,12)13)32-45(52(44)64)59(14,15)16)63(47)46-26-25-39(56(5,6)7)30-43(46)36-21-18-17-19-22-36/h17-32,34,64H,33H2,1-16H3. The van der Waals surface area contributed by atoms with Crippen LogP contribution in [-0.2, 0) is 28.1 Å². The van der Waals surface area contributed by atoms with E-state index in [0.717, 1.165) is 83.6 Å². The molecule has 5 aromatic carbocycles. The van der Waals surface area contributed by atoms with Crippen LogP contribution < -0.4 is 0 Å². The van der Waals surface area contributed by atoms with Crippen molar-refractivity contribution in [1.29, 1.82) is 0 Å². The summed E-state index contributed by atoms with van der Waals surface area (Å²) in [6, 6.07) is 35.4. The number of thiophene rings is 1. The van der Waals surface area contributed by atoms with Crippen LogP contribution in [0, 0.1) is 12.3 Å². The van der Waals surface area contributed by atoms with Crippen molar-refractivity contribution in [2.24, 2.45) is 5.41 Å². The van der Waals surface area contributed by atoms with E-state index in [4.69, 9.17) is 15.0 Å². The van der Waals surface area contributed by atoms with Crippen LogP contribution in [0.25, 0.3) is 71.8 Å². The van der Waals surface area contributed by atoms with Gasteiger partial charge in [0.25, 0.3) is 0 Å². The summed E-state index contributed by atoms with van der Waals surface area (Å²) >= 11 is 1.83. The minimum atomic E-state index is -0.323. The average molecular weight is 881 g/mol. The van der Waals surface area contributed by atoms with Gasteiger partial charge in [0.15, 0.2) is 0 Å². The smallest absolute Gasteiger partial charge is 0.149 e. The van der Waals surface area contributed by atoms with Gasteiger partial charge in [0.05, 0.1) is 38.2 Å². The molecule has 3 heterocycles. The zero-order valence-corrected chi connectivity index (χ0v) is 42.5. The van der Waals surface area contributed by atoms with Gasteiger partial charge in [0, 0.05) is 27.1 Å². The predicted octanol–water partition coefficient (Wildman–Crippen LogP) is 16.5. The van der Waals surface area contributed by atoms with Gasteiger partial charge < -0.3 is 5.11 Å². The van der Waals surface area contributed by atoms with E-state index in [1.54, 1.807) is 6.33 Å². The van der Waals surface area contributed by atoms with Crippen LogP contribution in [0.5, 0.6) is 5.75 Å². The molecule has 1 N–H and O–H groups in total. The molecule has 0 spiro atoms. The minimum absolute atomic E-state index is 0.0724. The van der Waals surface area contributed by atoms with Crippen molar-refractivity contribution < 1.29 is 5.11 Å². The third-order valence-corrected chi connectivity index (χ3v) is 14.1. The van der Waals surface area contributed by atoms with Gasteiger partial charge in [0.2, 0.25) is 0 Å². The molecule has 0 aliphatic carbocycles. The zero-order chi connectivity index (χ0) is 47.2. The van der Waals surface area contributed by atoms with Crippen molar-refractivity contribution in [3.8, 4) is 56.3 Å². The number of benzene rings is 5. The maximum absolute atomic E-state index is 12.6. The summed E-state index contributed by atoms with van der Waals surface area (Å²) in [6.45, 7) is 36.0. The lowest BCUT2D eigenvalue weighted by atomic mass is 9.79. The van der Waals surface area contributed by atoms with E-state index >= 15 is 0 Å². The van der Waals surface area contributed by atoms with Crippen molar-refractivity contribution in [3.05, 3.63) is 136 Å². The minimum Gasteiger partial charge on any atom is -0.507 e. The van der Waals surface area contributed by atoms with Crippen molar-refractivity contribution in [2.75, 3.05) is 0 Å². The normalized spacial score (nSPS) is 13.0. The molecule has 0 amide bonds. The molecular formula is C59H68N4OS. The Morgan fingerprint density at radius 2 is 1.18 bits per heavy atom. The molecule has 0 aliphatic heterocycles. The number of aromatic hydroxyl groups is 1. The predicted molar refractivity (Wildman–Crippen MR) is 278 cm³/mol. The number of nitrogens with zero attached hydrogens (tertiary/aromatic N) is 4. The Balaban J connectivity index is 1.48. The number of fused-ring (bicyclic) bond motifs is 2. The number of aryl methyl sites for hydroxylation is 1. The largest absolute Gasteiger partial charge is 0.507 e. The highest BCUT2D eigenvalue weighted by Crippen LogP contribution is 2.47. The molecule has 0 saturated carbocycles. The number of para-hydroxylation sites is 1. The Kier molecular flexibility index (Phi) is 11.4. The monoisotopic (exact) mass is 881 g/mol. The Morgan fingerprint density at radius 1 is 0.554 bits per heavy atom. The highest BCUT2D eigenvalue weighted by Gasteiger charge is 2.30. The first-order valence-corrected chi connectivity index (χ1v) is 24.0. The summed E-state index contributed by atoms with van der Waals surface area (Å²) in [5.41, 5.74) is 16.1. The van der Waals surface area contributed by atoms with E-state index in [1.807, 2.05) is 11.3 Å². The summed E-state index contributed by atoms with van der Waals surface area (Å²) in [4.78, 5) is 17.0. The van der Waals surface area contributed by atoms with Crippen LogP contribution in [0.2, 0.25) is 0 Å². The first-order valence-electron chi connectivity index (χ1n) is 23.2. The second-order valence-corrected chi connectivity index (χ2v) is 24.7. The number of aromatic nitrogens is 4. The number of hydrogen-bond donors (Lipinski definition) is 1. The molecule has 5 nitrogen and oxygen atoms in total. The summed E-state index contributed by atoms with van der Waals surface area (Å²) in [5, 5.41) is 12.6. The topological polar surface area (TPSA) is 63.8 Å². The quantitative estimate of drug-likeness (QED) is 0.181. The van der Waals surface area contributed by atoms with Crippen molar-refractivity contribution in [2.45, 2.75) is 139 Å². The second-order valence-electron chi connectivity index (χ2n) is 23.5. The lowest BCUT2D eigenvalue weighted by Crippen LogP contribution is -2.17. The first kappa shape index (κ1) is 46.0. The Morgan fingerprint density at radius 3 is 1.82 bits per heavy atom. The van der Waals surface area contributed by atoms with Crippen LogP contribution in [0.15, 0.2) is 103 Å². The van der Waals surface area contributed by atoms with Crippen LogP contribution in [0.4, 0.5) is 0 Å². The summed E-state index contributed by atoms with van der Waals surface area (Å²) < 4.78 is 3.43. The van der Waals surface area contributed by atoms with Crippen LogP contribution in [-0.4, -0.2) is 24.6 Å². The third kappa shape index (κ3) is 8.91. The van der Waals surface area contributed by atoms with Gasteiger partial charge in [0.1, 0.15) is 17.9 Å². The Hall–Kier alpha value is -5.59. The zero-order valence-electron chi connectivity index (χ0n) is 41.7. The average Bonchev–Trinajstić information content (AvgIpc) is 3.75. The molecular weight excluding hydrogens is 813 g/mol. The van der Waals surface area contributed by atoms with Gasteiger partial charge in [-0.3, -0.25) is 4.57 Å². The fraction of sp³-hybridized carbons (Fsp3) is 0.373. The Bertz CT molecular complexity index is 3090. The maximum Gasteiger partial charge on any atom is 0.149 e. The van der Waals surface area contributed by atoms with Crippen molar-refractivity contribution in [1.82, 2.24) is 19.5 Å². The molecule has 0 unspecified atom stereocenters. The van der Waals surface area contributed by atoms with Gasteiger partial charge in [-0.25, -0.2) is 15.0 Å². The summed E-state index contributed by atoms with van der Waals surface area (Å²) in [5.74, 6) is 0.963. The van der Waals surface area contributed by atoms with Gasteiger partial charge in [-0.1, -0.05) is 165 Å². The molecule has 336 valence electrons. The number of rotatable bonds is 6. The van der Waals surface area contributed by atoms with E-state index in [0.29, 0.717) is 5.82 Å². The van der Waals surface area contributed by atoms with Crippen LogP contribution in [0.1, 0.15) is 137 Å². The molecule has 0 radical (unpaired) electrons. The molecule has 8 aromatic rings. The second kappa shape index (κ2) is 16.1. The molecule has 0 atom stereocenters. The first-order chi connectivity index (χ1) is 30.2. The van der Waals surface area contributed by atoms with Gasteiger partial charge >= 0.3 is 0 Å².